The average molecular weight is 408 g/mol. The summed E-state index contributed by atoms with van der Waals surface area (Å²) in [6, 6.07) is 25.1. The Balaban J connectivity index is 1.63. The number of nitrogens with one attached hydrogen (secondary N) is 1. The molecule has 1 atom stereocenters. The molecule has 0 fully saturated rings. The second-order valence-corrected chi connectivity index (χ2v) is 8.25. The van der Waals surface area contributed by atoms with Crippen molar-refractivity contribution in [2.45, 2.75) is 19.8 Å². The first-order valence-corrected chi connectivity index (χ1v) is 10.6. The van der Waals surface area contributed by atoms with Crippen LogP contribution < -0.4 is 4.90 Å². The van der Waals surface area contributed by atoms with Crippen molar-refractivity contribution in [2.75, 3.05) is 7.05 Å². The lowest BCUT2D eigenvalue weighted by Crippen LogP contribution is -3.07. The zero-order chi connectivity index (χ0) is 19.3. The quantitative estimate of drug-likeness (QED) is 0.471. The Morgan fingerprint density at radius 3 is 2.25 bits per heavy atom. The number of benzene rings is 2. The smallest absolute Gasteiger partial charge is 0.203 e. The first-order valence-electron chi connectivity index (χ1n) is 9.31. The normalized spacial score (nSPS) is 12.2. The number of aromatic nitrogens is 3. The summed E-state index contributed by atoms with van der Waals surface area (Å²) in [5.74, 6) is 0.941. The first kappa shape index (κ1) is 18.8. The summed E-state index contributed by atoms with van der Waals surface area (Å²) < 4.78 is 4.87. The van der Waals surface area contributed by atoms with E-state index in [0.29, 0.717) is 0 Å². The lowest BCUT2D eigenvalue weighted by molar-refractivity contribution is -0.917. The van der Waals surface area contributed by atoms with Gasteiger partial charge in [0.05, 0.1) is 18.5 Å². The third-order valence-electron chi connectivity index (χ3n) is 4.62. The maximum absolute atomic E-state index is 5.82. The zero-order valence-electron chi connectivity index (χ0n) is 15.8. The molecule has 4 aromatic rings. The highest BCUT2D eigenvalue weighted by Crippen LogP contribution is 2.24. The van der Waals surface area contributed by atoms with Crippen molar-refractivity contribution >= 4 is 23.6 Å². The van der Waals surface area contributed by atoms with E-state index in [-0.39, 0.29) is 0 Å². The molecule has 2 heterocycles. The molecule has 2 aromatic heterocycles. The van der Waals surface area contributed by atoms with Gasteiger partial charge in [-0.05, 0) is 29.2 Å². The van der Waals surface area contributed by atoms with Gasteiger partial charge in [0.1, 0.15) is 6.54 Å². The van der Waals surface area contributed by atoms with E-state index in [1.165, 1.54) is 16.0 Å². The SMILES string of the molecule is C[NH+](Cc1ccccc1)Cn1nc(-c2cccs2)n(Cc2ccccc2)c1=S. The molecule has 0 spiro atoms. The molecule has 1 unspecified atom stereocenters. The van der Waals surface area contributed by atoms with Gasteiger partial charge in [0.2, 0.25) is 4.77 Å². The van der Waals surface area contributed by atoms with Crippen LogP contribution in [0, 0.1) is 4.77 Å². The molecule has 0 saturated carbocycles. The molecule has 0 aliphatic heterocycles. The zero-order valence-corrected chi connectivity index (χ0v) is 17.4. The van der Waals surface area contributed by atoms with E-state index in [0.717, 1.165) is 35.2 Å². The van der Waals surface area contributed by atoms with Crippen LogP contribution in [0.4, 0.5) is 0 Å². The molecular weight excluding hydrogens is 384 g/mol. The highest BCUT2D eigenvalue weighted by atomic mass is 32.1. The van der Waals surface area contributed by atoms with Crippen molar-refractivity contribution in [1.82, 2.24) is 14.3 Å². The maximum Gasteiger partial charge on any atom is 0.203 e. The van der Waals surface area contributed by atoms with E-state index >= 15 is 0 Å². The number of hydrogen-bond acceptors (Lipinski definition) is 3. The van der Waals surface area contributed by atoms with Gasteiger partial charge in [-0.15, -0.1) is 16.4 Å². The standard InChI is InChI=1S/C22H22N4S2/c1-24(15-18-9-4-2-5-10-18)17-26-22(27)25(16-19-11-6-3-7-12-19)21(23-26)20-13-8-14-28-20/h2-14H,15-17H2,1H3/p+1. The van der Waals surface area contributed by atoms with Crippen molar-refractivity contribution in [3.05, 3.63) is 94.1 Å². The minimum absolute atomic E-state index is 0.727. The summed E-state index contributed by atoms with van der Waals surface area (Å²) in [5.41, 5.74) is 2.54. The average Bonchev–Trinajstić information content (AvgIpc) is 3.34. The molecule has 142 valence electrons. The molecule has 28 heavy (non-hydrogen) atoms. The van der Waals surface area contributed by atoms with Crippen LogP contribution in [0.15, 0.2) is 78.2 Å². The molecule has 6 heteroatoms. The molecular formula is C22H23N4S2+. The Hall–Kier alpha value is -2.54. The summed E-state index contributed by atoms with van der Waals surface area (Å²) in [4.78, 5) is 2.48. The van der Waals surface area contributed by atoms with Crippen LogP contribution in [0.25, 0.3) is 10.7 Å². The molecule has 0 amide bonds. The molecule has 4 rings (SSSR count). The summed E-state index contributed by atoms with van der Waals surface area (Å²) >= 11 is 7.52. The Kier molecular flexibility index (Phi) is 5.81. The molecule has 4 nitrogen and oxygen atoms in total. The summed E-state index contributed by atoms with van der Waals surface area (Å²) in [7, 11) is 2.18. The monoisotopic (exact) mass is 407 g/mol. The van der Waals surface area contributed by atoms with Crippen molar-refractivity contribution in [1.29, 1.82) is 0 Å². The highest BCUT2D eigenvalue weighted by Gasteiger charge is 2.16. The molecule has 0 aliphatic rings. The van der Waals surface area contributed by atoms with Crippen LogP contribution >= 0.6 is 23.6 Å². The second kappa shape index (κ2) is 8.65. The van der Waals surface area contributed by atoms with Crippen molar-refractivity contribution < 1.29 is 4.90 Å². The van der Waals surface area contributed by atoms with Gasteiger partial charge in [-0.25, -0.2) is 0 Å². The Morgan fingerprint density at radius 1 is 0.929 bits per heavy atom. The number of quaternary nitrogens is 1. The van der Waals surface area contributed by atoms with Crippen molar-refractivity contribution in [3.8, 4) is 10.7 Å². The summed E-state index contributed by atoms with van der Waals surface area (Å²) in [6.45, 7) is 2.39. The van der Waals surface area contributed by atoms with Crippen molar-refractivity contribution in [2.24, 2.45) is 0 Å². The first-order chi connectivity index (χ1) is 13.7. The third-order valence-corrected chi connectivity index (χ3v) is 5.91. The largest absolute Gasteiger partial charge is 0.315 e. The van der Waals surface area contributed by atoms with E-state index in [9.17, 15) is 0 Å². The van der Waals surface area contributed by atoms with Gasteiger partial charge in [-0.3, -0.25) is 4.57 Å². The van der Waals surface area contributed by atoms with Crippen LogP contribution in [0.5, 0.6) is 0 Å². The number of nitrogens with zero attached hydrogens (tertiary/aromatic N) is 3. The number of hydrogen-bond donors (Lipinski definition) is 1. The van der Waals surface area contributed by atoms with Gasteiger partial charge >= 0.3 is 0 Å². The van der Waals surface area contributed by atoms with E-state index in [1.807, 2.05) is 16.8 Å². The van der Waals surface area contributed by atoms with Crippen LogP contribution in [0.2, 0.25) is 0 Å². The molecule has 1 N–H and O–H groups in total. The summed E-state index contributed by atoms with van der Waals surface area (Å²) in [5, 5.41) is 6.98. The lowest BCUT2D eigenvalue weighted by Gasteiger charge is -2.13. The van der Waals surface area contributed by atoms with Gasteiger partial charge in [-0.1, -0.05) is 66.7 Å². The number of thiophene rings is 1. The fraction of sp³-hybridized carbons (Fsp3) is 0.182. The predicted octanol–water partition coefficient (Wildman–Crippen LogP) is 3.86. The fourth-order valence-electron chi connectivity index (χ4n) is 3.30. The molecule has 0 aliphatic carbocycles. The lowest BCUT2D eigenvalue weighted by atomic mass is 10.2. The second-order valence-electron chi connectivity index (χ2n) is 6.93. The summed E-state index contributed by atoms with van der Waals surface area (Å²) in [6.07, 6.45) is 0. The molecule has 0 bridgehead atoms. The Bertz CT molecular complexity index is 1070. The molecule has 0 radical (unpaired) electrons. The van der Waals surface area contributed by atoms with Gasteiger partial charge in [0.25, 0.3) is 0 Å². The van der Waals surface area contributed by atoms with Crippen LogP contribution in [0.3, 0.4) is 0 Å². The van der Waals surface area contributed by atoms with Crippen LogP contribution in [-0.4, -0.2) is 21.4 Å². The molecule has 0 saturated heterocycles. The predicted molar refractivity (Wildman–Crippen MR) is 117 cm³/mol. The maximum atomic E-state index is 5.82. The van der Waals surface area contributed by atoms with E-state index in [1.54, 1.807) is 11.3 Å². The van der Waals surface area contributed by atoms with E-state index < -0.39 is 0 Å². The van der Waals surface area contributed by atoms with Crippen LogP contribution in [-0.2, 0) is 19.8 Å². The van der Waals surface area contributed by atoms with Gasteiger partial charge < -0.3 is 4.90 Å². The van der Waals surface area contributed by atoms with Crippen molar-refractivity contribution in [3.63, 3.8) is 0 Å². The number of rotatable bonds is 7. The fourth-order valence-corrected chi connectivity index (χ4v) is 4.27. The minimum Gasteiger partial charge on any atom is -0.315 e. The van der Waals surface area contributed by atoms with Crippen LogP contribution in [0.1, 0.15) is 11.1 Å². The van der Waals surface area contributed by atoms with E-state index in [2.05, 4.69) is 77.7 Å². The minimum atomic E-state index is 0.727. The Morgan fingerprint density at radius 2 is 1.61 bits per heavy atom. The van der Waals surface area contributed by atoms with Gasteiger partial charge in [-0.2, -0.15) is 4.68 Å². The molecule has 2 aromatic carbocycles. The highest BCUT2D eigenvalue weighted by molar-refractivity contribution is 7.71. The van der Waals surface area contributed by atoms with E-state index in [4.69, 9.17) is 17.3 Å². The van der Waals surface area contributed by atoms with Gasteiger partial charge in [0.15, 0.2) is 12.5 Å². The third kappa shape index (κ3) is 4.30. The Labute approximate surface area is 174 Å². The van der Waals surface area contributed by atoms with Gasteiger partial charge in [0, 0.05) is 5.56 Å². The topological polar surface area (TPSA) is 27.2 Å².